The van der Waals surface area contributed by atoms with Crippen molar-refractivity contribution in [2.75, 3.05) is 13.1 Å². The number of carbonyl (C=O) groups is 1. The van der Waals surface area contributed by atoms with Crippen molar-refractivity contribution < 1.29 is 4.79 Å². The summed E-state index contributed by atoms with van der Waals surface area (Å²) in [5.41, 5.74) is 0.896. The molecule has 0 spiro atoms. The summed E-state index contributed by atoms with van der Waals surface area (Å²) in [4.78, 5) is 14.0. The normalized spacial score (nSPS) is 14.8. The highest BCUT2D eigenvalue weighted by atomic mass is 79.9. The molecular weight excluding hydrogens is 322 g/mol. The third-order valence-corrected chi connectivity index (χ3v) is 3.91. The second-order valence-corrected chi connectivity index (χ2v) is 5.67. The molecule has 0 bridgehead atoms. The fraction of sp³-hybridized carbons (Fsp3) is 0.385. The number of hydrogen-bond donors (Lipinski definition) is 0. The lowest BCUT2D eigenvalue weighted by Crippen LogP contribution is -2.31. The molecule has 0 aliphatic carbocycles. The molecule has 1 aromatic heterocycles. The predicted octanol–water partition coefficient (Wildman–Crippen LogP) is 1.73. The van der Waals surface area contributed by atoms with Gasteiger partial charge >= 0.3 is 0 Å². The summed E-state index contributed by atoms with van der Waals surface area (Å²) in [6.07, 6.45) is 2.17. The fourth-order valence-corrected chi connectivity index (χ4v) is 2.58. The quantitative estimate of drug-likeness (QED) is 0.856. The molecule has 0 atom stereocenters. The molecule has 0 radical (unpaired) electrons. The maximum atomic E-state index is 12.2. The van der Waals surface area contributed by atoms with Crippen LogP contribution < -0.4 is 0 Å². The first-order valence-electron chi connectivity index (χ1n) is 6.54. The van der Waals surface area contributed by atoms with Gasteiger partial charge in [0, 0.05) is 23.1 Å². The molecule has 0 N–H and O–H groups in total. The molecule has 0 unspecified atom stereocenters. The average molecular weight is 336 g/mol. The Morgan fingerprint density at radius 1 is 1.20 bits per heavy atom. The van der Waals surface area contributed by atoms with E-state index >= 15 is 0 Å². The van der Waals surface area contributed by atoms with E-state index in [9.17, 15) is 4.79 Å². The van der Waals surface area contributed by atoms with E-state index in [1.807, 2.05) is 29.2 Å². The molecule has 1 amide bonds. The van der Waals surface area contributed by atoms with Crippen LogP contribution in [-0.4, -0.2) is 44.1 Å². The summed E-state index contributed by atoms with van der Waals surface area (Å²) in [5, 5.41) is 11.6. The lowest BCUT2D eigenvalue weighted by molar-refractivity contribution is -0.130. The van der Waals surface area contributed by atoms with Gasteiger partial charge < -0.3 is 4.90 Å². The van der Waals surface area contributed by atoms with Gasteiger partial charge in [0.15, 0.2) is 5.82 Å². The van der Waals surface area contributed by atoms with Crippen molar-refractivity contribution in [1.82, 2.24) is 25.1 Å². The zero-order chi connectivity index (χ0) is 13.9. The number of halogens is 1. The van der Waals surface area contributed by atoms with Crippen LogP contribution in [0, 0.1) is 0 Å². The van der Waals surface area contributed by atoms with E-state index in [1.165, 1.54) is 0 Å². The number of amides is 1. The van der Waals surface area contributed by atoms with Crippen LogP contribution >= 0.6 is 15.9 Å². The van der Waals surface area contributed by atoms with Crippen LogP contribution in [0.1, 0.15) is 12.8 Å². The molecule has 2 aromatic rings. The van der Waals surface area contributed by atoms with Gasteiger partial charge in [0.25, 0.3) is 0 Å². The number of likely N-dealkylation sites (tertiary alicyclic amines) is 1. The van der Waals surface area contributed by atoms with Crippen LogP contribution in [0.25, 0.3) is 11.4 Å². The molecule has 7 heteroatoms. The molecule has 20 heavy (non-hydrogen) atoms. The number of nitrogens with zero attached hydrogens (tertiary/aromatic N) is 5. The van der Waals surface area contributed by atoms with Gasteiger partial charge in [0.05, 0.1) is 0 Å². The smallest absolute Gasteiger partial charge is 0.244 e. The molecule has 3 rings (SSSR count). The van der Waals surface area contributed by atoms with Crippen molar-refractivity contribution in [2.45, 2.75) is 19.4 Å². The van der Waals surface area contributed by atoms with E-state index in [2.05, 4.69) is 31.5 Å². The Hall–Kier alpha value is -1.76. The van der Waals surface area contributed by atoms with E-state index in [0.29, 0.717) is 5.82 Å². The topological polar surface area (TPSA) is 63.9 Å². The number of hydrogen-bond acceptors (Lipinski definition) is 4. The minimum atomic E-state index is 0.0770. The first-order chi connectivity index (χ1) is 9.74. The molecular formula is C13H14BrN5O. The summed E-state index contributed by atoms with van der Waals surface area (Å²) in [6.45, 7) is 1.88. The average Bonchev–Trinajstić information content (AvgIpc) is 3.10. The van der Waals surface area contributed by atoms with Gasteiger partial charge in [-0.2, -0.15) is 0 Å². The Morgan fingerprint density at radius 3 is 2.60 bits per heavy atom. The van der Waals surface area contributed by atoms with Crippen molar-refractivity contribution in [3.05, 3.63) is 28.7 Å². The van der Waals surface area contributed by atoms with Gasteiger partial charge in [-0.3, -0.25) is 4.79 Å². The second-order valence-electron chi connectivity index (χ2n) is 4.75. The number of rotatable bonds is 3. The zero-order valence-corrected chi connectivity index (χ0v) is 12.5. The molecule has 104 valence electrons. The van der Waals surface area contributed by atoms with Crippen LogP contribution in [-0.2, 0) is 11.3 Å². The Labute approximate surface area is 124 Å². The van der Waals surface area contributed by atoms with Crippen LogP contribution in [0.5, 0.6) is 0 Å². The molecule has 1 aromatic carbocycles. The summed E-state index contributed by atoms with van der Waals surface area (Å²) >= 11 is 3.39. The van der Waals surface area contributed by atoms with E-state index in [-0.39, 0.29) is 12.5 Å². The van der Waals surface area contributed by atoms with Crippen molar-refractivity contribution in [3.8, 4) is 11.4 Å². The van der Waals surface area contributed by atoms with Gasteiger partial charge in [0.2, 0.25) is 5.91 Å². The van der Waals surface area contributed by atoms with Crippen LogP contribution in [0.3, 0.4) is 0 Å². The predicted molar refractivity (Wildman–Crippen MR) is 76.8 cm³/mol. The minimum absolute atomic E-state index is 0.0770. The third-order valence-electron chi connectivity index (χ3n) is 3.38. The molecule has 1 aliphatic rings. The van der Waals surface area contributed by atoms with E-state index < -0.39 is 0 Å². The third kappa shape index (κ3) is 2.72. The van der Waals surface area contributed by atoms with Crippen molar-refractivity contribution in [1.29, 1.82) is 0 Å². The highest BCUT2D eigenvalue weighted by Crippen LogP contribution is 2.19. The molecule has 2 heterocycles. The molecule has 1 fully saturated rings. The molecule has 6 nitrogen and oxygen atoms in total. The summed E-state index contributed by atoms with van der Waals surface area (Å²) < 4.78 is 2.55. The van der Waals surface area contributed by atoms with Gasteiger partial charge in [-0.1, -0.05) is 28.1 Å². The fourth-order valence-electron chi connectivity index (χ4n) is 2.31. The molecule has 1 saturated heterocycles. The summed E-state index contributed by atoms with van der Waals surface area (Å²) in [6, 6.07) is 7.70. The largest absolute Gasteiger partial charge is 0.341 e. The monoisotopic (exact) mass is 335 g/mol. The SMILES string of the molecule is O=C(Cn1nnnc1-c1ccc(Br)cc1)N1CCCC1. The van der Waals surface area contributed by atoms with Gasteiger partial charge in [-0.25, -0.2) is 4.68 Å². The van der Waals surface area contributed by atoms with Crippen LogP contribution in [0.2, 0.25) is 0 Å². The number of carbonyl (C=O) groups excluding carboxylic acids is 1. The van der Waals surface area contributed by atoms with Gasteiger partial charge in [0.1, 0.15) is 6.54 Å². The lowest BCUT2D eigenvalue weighted by Gasteiger charge is -2.15. The lowest BCUT2D eigenvalue weighted by atomic mass is 10.2. The minimum Gasteiger partial charge on any atom is -0.341 e. The summed E-state index contributed by atoms with van der Waals surface area (Å²) in [5.74, 6) is 0.693. The highest BCUT2D eigenvalue weighted by Gasteiger charge is 2.20. The Balaban J connectivity index is 1.79. The summed E-state index contributed by atoms with van der Waals surface area (Å²) in [7, 11) is 0. The number of aromatic nitrogens is 4. The first-order valence-corrected chi connectivity index (χ1v) is 7.33. The number of benzene rings is 1. The first kappa shape index (κ1) is 13.2. The molecule has 1 aliphatic heterocycles. The van der Waals surface area contributed by atoms with E-state index in [4.69, 9.17) is 0 Å². The number of tetrazole rings is 1. The Bertz CT molecular complexity index is 603. The highest BCUT2D eigenvalue weighted by molar-refractivity contribution is 9.10. The van der Waals surface area contributed by atoms with Crippen LogP contribution in [0.4, 0.5) is 0 Å². The van der Waals surface area contributed by atoms with Gasteiger partial charge in [-0.05, 0) is 35.4 Å². The van der Waals surface area contributed by atoms with Crippen molar-refractivity contribution in [3.63, 3.8) is 0 Å². The van der Waals surface area contributed by atoms with Crippen LogP contribution in [0.15, 0.2) is 28.7 Å². The zero-order valence-electron chi connectivity index (χ0n) is 10.9. The standard InChI is InChI=1S/C13H14BrN5O/c14-11-5-3-10(4-6-11)13-15-16-17-19(13)9-12(20)18-7-1-2-8-18/h3-6H,1-2,7-9H2. The van der Waals surface area contributed by atoms with Gasteiger partial charge in [-0.15, -0.1) is 5.10 Å². The second kappa shape index (κ2) is 5.70. The Kier molecular flexibility index (Phi) is 3.77. The Morgan fingerprint density at radius 2 is 1.90 bits per heavy atom. The molecule has 0 saturated carbocycles. The van der Waals surface area contributed by atoms with E-state index in [1.54, 1.807) is 4.68 Å². The maximum absolute atomic E-state index is 12.2. The maximum Gasteiger partial charge on any atom is 0.244 e. The van der Waals surface area contributed by atoms with Crippen molar-refractivity contribution >= 4 is 21.8 Å². The van der Waals surface area contributed by atoms with Crippen molar-refractivity contribution in [2.24, 2.45) is 0 Å². The van der Waals surface area contributed by atoms with E-state index in [0.717, 1.165) is 36.0 Å².